The second-order valence-electron chi connectivity index (χ2n) is 6.77. The van der Waals surface area contributed by atoms with Crippen LogP contribution in [0, 0.1) is 0 Å². The van der Waals surface area contributed by atoms with Crippen LogP contribution >= 0.6 is 0 Å². The van der Waals surface area contributed by atoms with Gasteiger partial charge in [0.2, 0.25) is 21.8 Å². The van der Waals surface area contributed by atoms with Crippen LogP contribution in [0.1, 0.15) is 12.5 Å². The molecule has 0 spiro atoms. The van der Waals surface area contributed by atoms with Crippen molar-refractivity contribution in [2.75, 3.05) is 31.3 Å². The SMILES string of the molecule is CNC(=O)[C@H](C)N(Cc1cccc(OC)c1)C(=O)CN(c1ccccc1)S(C)(=O)=O. The van der Waals surface area contributed by atoms with Crippen LogP contribution in [-0.2, 0) is 26.2 Å². The highest BCUT2D eigenvalue weighted by molar-refractivity contribution is 7.92. The van der Waals surface area contributed by atoms with E-state index in [9.17, 15) is 18.0 Å². The monoisotopic (exact) mass is 433 g/mol. The Morgan fingerprint density at radius 1 is 1.10 bits per heavy atom. The molecule has 0 fully saturated rings. The molecule has 0 aromatic heterocycles. The van der Waals surface area contributed by atoms with E-state index < -0.39 is 28.5 Å². The van der Waals surface area contributed by atoms with Crippen LogP contribution in [0.25, 0.3) is 0 Å². The molecule has 2 aromatic rings. The lowest BCUT2D eigenvalue weighted by atomic mass is 10.1. The minimum Gasteiger partial charge on any atom is -0.497 e. The van der Waals surface area contributed by atoms with Crippen molar-refractivity contribution in [2.24, 2.45) is 0 Å². The van der Waals surface area contributed by atoms with E-state index in [4.69, 9.17) is 4.74 Å². The molecule has 0 aliphatic rings. The van der Waals surface area contributed by atoms with Gasteiger partial charge in [-0.25, -0.2) is 8.42 Å². The topological polar surface area (TPSA) is 96.0 Å². The minimum absolute atomic E-state index is 0.122. The molecule has 0 aliphatic heterocycles. The summed E-state index contributed by atoms with van der Waals surface area (Å²) in [6.45, 7) is 1.30. The van der Waals surface area contributed by atoms with Crippen LogP contribution in [0.3, 0.4) is 0 Å². The zero-order chi connectivity index (χ0) is 22.3. The Kier molecular flexibility index (Phi) is 7.82. The van der Waals surface area contributed by atoms with Crippen LogP contribution in [0.5, 0.6) is 5.75 Å². The average Bonchev–Trinajstić information content (AvgIpc) is 2.74. The van der Waals surface area contributed by atoms with Gasteiger partial charge >= 0.3 is 0 Å². The molecule has 0 saturated carbocycles. The Morgan fingerprint density at radius 2 is 1.77 bits per heavy atom. The normalized spacial score (nSPS) is 12.0. The minimum atomic E-state index is -3.72. The summed E-state index contributed by atoms with van der Waals surface area (Å²) in [5.41, 5.74) is 1.13. The molecule has 8 nitrogen and oxygen atoms in total. The summed E-state index contributed by atoms with van der Waals surface area (Å²) in [7, 11) is -0.690. The first-order valence-corrected chi connectivity index (χ1v) is 11.2. The molecule has 2 rings (SSSR count). The van der Waals surface area contributed by atoms with Crippen molar-refractivity contribution in [2.45, 2.75) is 19.5 Å². The van der Waals surface area contributed by atoms with Gasteiger partial charge in [0, 0.05) is 13.6 Å². The zero-order valence-corrected chi connectivity index (χ0v) is 18.3. The number of methoxy groups -OCH3 is 1. The lowest BCUT2D eigenvalue weighted by molar-refractivity contribution is -0.139. The molecule has 1 atom stereocenters. The van der Waals surface area contributed by atoms with Crippen molar-refractivity contribution >= 4 is 27.5 Å². The van der Waals surface area contributed by atoms with Gasteiger partial charge in [-0.3, -0.25) is 13.9 Å². The third kappa shape index (κ3) is 5.96. The summed E-state index contributed by atoms with van der Waals surface area (Å²) in [4.78, 5) is 26.8. The number of amides is 2. The molecule has 0 heterocycles. The Balaban J connectivity index is 2.36. The van der Waals surface area contributed by atoms with E-state index in [1.54, 1.807) is 62.6 Å². The van der Waals surface area contributed by atoms with Gasteiger partial charge < -0.3 is 15.0 Å². The first-order chi connectivity index (χ1) is 14.2. The fraction of sp³-hybridized carbons (Fsp3) is 0.333. The molecule has 2 aromatic carbocycles. The predicted molar refractivity (Wildman–Crippen MR) is 116 cm³/mol. The summed E-state index contributed by atoms with van der Waals surface area (Å²) in [6, 6.07) is 14.7. The van der Waals surface area contributed by atoms with E-state index in [1.807, 2.05) is 6.07 Å². The van der Waals surface area contributed by atoms with Crippen molar-refractivity contribution in [3.8, 4) is 5.75 Å². The summed E-state index contributed by atoms with van der Waals surface area (Å²) < 4.78 is 31.0. The molecule has 2 amide bonds. The van der Waals surface area contributed by atoms with Gasteiger partial charge in [-0.1, -0.05) is 30.3 Å². The van der Waals surface area contributed by atoms with Crippen LogP contribution in [0.15, 0.2) is 54.6 Å². The summed E-state index contributed by atoms with van der Waals surface area (Å²) in [6.07, 6.45) is 1.04. The number of sulfonamides is 1. The van der Waals surface area contributed by atoms with E-state index in [-0.39, 0.29) is 12.5 Å². The third-order valence-electron chi connectivity index (χ3n) is 4.62. The second-order valence-corrected chi connectivity index (χ2v) is 8.68. The first kappa shape index (κ1) is 23.2. The van der Waals surface area contributed by atoms with Crippen LogP contribution in [-0.4, -0.2) is 58.1 Å². The number of likely N-dealkylation sites (N-methyl/N-ethyl adjacent to an activating group) is 1. The lowest BCUT2D eigenvalue weighted by Gasteiger charge is -2.31. The van der Waals surface area contributed by atoms with Crippen molar-refractivity contribution in [1.82, 2.24) is 10.2 Å². The van der Waals surface area contributed by atoms with Crippen molar-refractivity contribution in [1.29, 1.82) is 0 Å². The van der Waals surface area contributed by atoms with Gasteiger partial charge in [0.1, 0.15) is 18.3 Å². The maximum absolute atomic E-state index is 13.2. The van der Waals surface area contributed by atoms with Gasteiger partial charge in [-0.2, -0.15) is 0 Å². The number of nitrogens with one attached hydrogen (secondary N) is 1. The Hall–Kier alpha value is -3.07. The summed E-state index contributed by atoms with van der Waals surface area (Å²) in [5.74, 6) is -0.227. The number of carbonyl (C=O) groups is 2. The van der Waals surface area contributed by atoms with Crippen molar-refractivity contribution in [3.05, 3.63) is 60.2 Å². The van der Waals surface area contributed by atoms with Crippen molar-refractivity contribution < 1.29 is 22.7 Å². The van der Waals surface area contributed by atoms with Gasteiger partial charge in [0.05, 0.1) is 19.1 Å². The Morgan fingerprint density at radius 3 is 2.33 bits per heavy atom. The molecule has 162 valence electrons. The number of anilines is 1. The highest BCUT2D eigenvalue weighted by atomic mass is 32.2. The quantitative estimate of drug-likeness (QED) is 0.648. The van der Waals surface area contributed by atoms with E-state index in [1.165, 1.54) is 11.9 Å². The number of benzene rings is 2. The predicted octanol–water partition coefficient (Wildman–Crippen LogP) is 1.62. The number of hydrogen-bond acceptors (Lipinski definition) is 5. The molecular formula is C21H27N3O5S. The second kappa shape index (κ2) is 10.1. The fourth-order valence-electron chi connectivity index (χ4n) is 2.97. The van der Waals surface area contributed by atoms with Crippen LogP contribution < -0.4 is 14.4 Å². The number of carbonyl (C=O) groups excluding carboxylic acids is 2. The molecule has 1 N–H and O–H groups in total. The van der Waals surface area contributed by atoms with Gasteiger partial charge in [-0.05, 0) is 36.8 Å². The number of para-hydroxylation sites is 1. The highest BCUT2D eigenvalue weighted by Crippen LogP contribution is 2.19. The average molecular weight is 434 g/mol. The van der Waals surface area contributed by atoms with Gasteiger partial charge in [0.25, 0.3) is 0 Å². The molecule has 0 radical (unpaired) electrons. The largest absolute Gasteiger partial charge is 0.497 e. The number of hydrogen-bond donors (Lipinski definition) is 1. The fourth-order valence-corrected chi connectivity index (χ4v) is 3.82. The standard InChI is InChI=1S/C21H27N3O5S/c1-16(21(26)22-2)23(14-17-9-8-12-19(13-17)29-3)20(25)15-24(30(4,27)28)18-10-6-5-7-11-18/h5-13,16H,14-15H2,1-4H3,(H,22,26)/t16-/m0/s1. The third-order valence-corrected chi connectivity index (χ3v) is 5.76. The molecule has 30 heavy (non-hydrogen) atoms. The van der Waals surface area contributed by atoms with Gasteiger partial charge in [-0.15, -0.1) is 0 Å². The summed E-state index contributed by atoms with van der Waals surface area (Å²) in [5, 5.41) is 2.53. The summed E-state index contributed by atoms with van der Waals surface area (Å²) >= 11 is 0. The Bertz CT molecular complexity index is 979. The van der Waals surface area contributed by atoms with E-state index in [0.29, 0.717) is 11.4 Å². The van der Waals surface area contributed by atoms with Crippen LogP contribution in [0.4, 0.5) is 5.69 Å². The van der Waals surface area contributed by atoms with E-state index in [2.05, 4.69) is 5.32 Å². The van der Waals surface area contributed by atoms with Crippen molar-refractivity contribution in [3.63, 3.8) is 0 Å². The molecule has 0 bridgehead atoms. The van der Waals surface area contributed by atoms with Gasteiger partial charge in [0.15, 0.2) is 0 Å². The molecule has 9 heteroatoms. The number of nitrogens with zero attached hydrogens (tertiary/aromatic N) is 2. The van der Waals surface area contributed by atoms with Crippen LogP contribution in [0.2, 0.25) is 0 Å². The van der Waals surface area contributed by atoms with E-state index in [0.717, 1.165) is 16.1 Å². The number of rotatable bonds is 9. The molecule has 0 aliphatic carbocycles. The van der Waals surface area contributed by atoms with E-state index >= 15 is 0 Å². The molecular weight excluding hydrogens is 406 g/mol. The molecule has 0 saturated heterocycles. The smallest absolute Gasteiger partial charge is 0.244 e. The maximum atomic E-state index is 13.2. The zero-order valence-electron chi connectivity index (χ0n) is 17.5. The first-order valence-electron chi connectivity index (χ1n) is 9.34. The Labute approximate surface area is 177 Å². The molecule has 0 unspecified atom stereocenters. The lowest BCUT2D eigenvalue weighted by Crippen LogP contribution is -2.50. The maximum Gasteiger partial charge on any atom is 0.244 e. The number of ether oxygens (including phenoxy) is 1. The highest BCUT2D eigenvalue weighted by Gasteiger charge is 2.29.